The normalized spacial score (nSPS) is 19.5. The van der Waals surface area contributed by atoms with Crippen molar-refractivity contribution in [1.82, 2.24) is 16.0 Å². The fraction of sp³-hybridized carbons (Fsp3) is 0.632. The van der Waals surface area contributed by atoms with E-state index in [0.29, 0.717) is 6.04 Å². The minimum absolute atomic E-state index is 0.0508. The third kappa shape index (κ3) is 6.89. The molecule has 1 aromatic carbocycles. The van der Waals surface area contributed by atoms with Crippen molar-refractivity contribution >= 4 is 6.09 Å². The molecule has 3 N–H and O–H groups in total. The molecule has 2 rings (SSSR count). The summed E-state index contributed by atoms with van der Waals surface area (Å²) in [6, 6.07) is 10.5. The predicted molar refractivity (Wildman–Crippen MR) is 97.1 cm³/mol. The van der Waals surface area contributed by atoms with Crippen LogP contribution in [0, 0.1) is 0 Å². The summed E-state index contributed by atoms with van der Waals surface area (Å²) < 4.78 is 5.41. The highest BCUT2D eigenvalue weighted by Gasteiger charge is 2.21. The van der Waals surface area contributed by atoms with Gasteiger partial charge in [-0.15, -0.1) is 0 Å². The lowest BCUT2D eigenvalue weighted by molar-refractivity contribution is 0.0501. The maximum absolute atomic E-state index is 12.1. The van der Waals surface area contributed by atoms with Crippen molar-refractivity contribution < 1.29 is 9.53 Å². The number of benzene rings is 1. The summed E-state index contributed by atoms with van der Waals surface area (Å²) in [7, 11) is 0. The van der Waals surface area contributed by atoms with E-state index in [1.807, 2.05) is 51.1 Å². The van der Waals surface area contributed by atoms with E-state index >= 15 is 0 Å². The van der Waals surface area contributed by atoms with Gasteiger partial charge >= 0.3 is 6.09 Å². The van der Waals surface area contributed by atoms with E-state index in [4.69, 9.17) is 4.74 Å². The number of piperidine rings is 1. The number of nitrogens with one attached hydrogen (secondary N) is 3. The number of amides is 1. The molecule has 0 aromatic heterocycles. The van der Waals surface area contributed by atoms with Crippen molar-refractivity contribution in [2.24, 2.45) is 0 Å². The summed E-state index contributed by atoms with van der Waals surface area (Å²) in [4.78, 5) is 12.1. The largest absolute Gasteiger partial charge is 0.444 e. The molecule has 0 saturated carbocycles. The Balaban J connectivity index is 1.89. The van der Waals surface area contributed by atoms with Crippen LogP contribution in [0.4, 0.5) is 4.79 Å². The van der Waals surface area contributed by atoms with Gasteiger partial charge in [0.25, 0.3) is 0 Å². The summed E-state index contributed by atoms with van der Waals surface area (Å²) in [5.41, 5.74) is 0.615. The summed E-state index contributed by atoms with van der Waals surface area (Å²) in [5, 5.41) is 10.0. The molecule has 1 aliphatic heterocycles. The Hall–Kier alpha value is -1.59. The van der Waals surface area contributed by atoms with Gasteiger partial charge in [-0.1, -0.05) is 30.3 Å². The summed E-state index contributed by atoms with van der Waals surface area (Å²) >= 11 is 0. The number of hydrogen-bond donors (Lipinski definition) is 3. The molecular weight excluding hydrogens is 302 g/mol. The van der Waals surface area contributed by atoms with Crippen molar-refractivity contribution in [3.05, 3.63) is 35.9 Å². The molecule has 1 amide bonds. The van der Waals surface area contributed by atoms with Crippen molar-refractivity contribution in [3.8, 4) is 0 Å². The number of hydrogen-bond acceptors (Lipinski definition) is 4. The zero-order valence-corrected chi connectivity index (χ0v) is 15.1. The van der Waals surface area contributed by atoms with E-state index in [1.165, 1.54) is 12.8 Å². The van der Waals surface area contributed by atoms with Gasteiger partial charge in [0, 0.05) is 12.6 Å². The topological polar surface area (TPSA) is 62.4 Å². The monoisotopic (exact) mass is 333 g/mol. The van der Waals surface area contributed by atoms with Gasteiger partial charge in [0.1, 0.15) is 5.60 Å². The van der Waals surface area contributed by atoms with Gasteiger partial charge in [-0.05, 0) is 58.7 Å². The minimum atomic E-state index is -0.489. The molecule has 0 spiro atoms. The lowest BCUT2D eigenvalue weighted by Gasteiger charge is -2.26. The van der Waals surface area contributed by atoms with Gasteiger partial charge in [0.05, 0.1) is 6.04 Å². The quantitative estimate of drug-likeness (QED) is 0.749. The van der Waals surface area contributed by atoms with Crippen LogP contribution in [-0.2, 0) is 4.74 Å². The van der Waals surface area contributed by atoms with E-state index in [0.717, 1.165) is 31.6 Å². The van der Waals surface area contributed by atoms with Crippen molar-refractivity contribution in [2.45, 2.75) is 57.7 Å². The first-order valence-electron chi connectivity index (χ1n) is 8.92. The second-order valence-electron chi connectivity index (χ2n) is 7.40. The van der Waals surface area contributed by atoms with Gasteiger partial charge in [0.2, 0.25) is 0 Å². The molecule has 1 aromatic rings. The standard InChI is InChI=1S/C19H31N3O2/c1-19(2,3)24-18(23)22-17(15-8-5-4-6-9-15)11-13-21-16-10-7-12-20-14-16/h4-6,8-9,16-17,20-21H,7,10-14H2,1-3H3,(H,22,23). The number of carbonyl (C=O) groups excluding carboxylic acids is 1. The summed E-state index contributed by atoms with van der Waals surface area (Å²) in [5.74, 6) is 0. The molecule has 5 nitrogen and oxygen atoms in total. The molecule has 0 bridgehead atoms. The molecule has 2 unspecified atom stereocenters. The Morgan fingerprint density at radius 1 is 1.33 bits per heavy atom. The average molecular weight is 333 g/mol. The van der Waals surface area contributed by atoms with Gasteiger partial charge in [-0.3, -0.25) is 0 Å². The van der Waals surface area contributed by atoms with Crippen LogP contribution in [0.5, 0.6) is 0 Å². The molecule has 0 aliphatic carbocycles. The molecular formula is C19H31N3O2. The SMILES string of the molecule is CC(C)(C)OC(=O)NC(CCNC1CCCNC1)c1ccccc1. The van der Waals surface area contributed by atoms with Crippen LogP contribution in [0.3, 0.4) is 0 Å². The molecule has 0 radical (unpaired) electrons. The van der Waals surface area contributed by atoms with Crippen LogP contribution in [-0.4, -0.2) is 37.4 Å². The van der Waals surface area contributed by atoms with Gasteiger partial charge < -0.3 is 20.7 Å². The lowest BCUT2D eigenvalue weighted by Crippen LogP contribution is -2.44. The highest BCUT2D eigenvalue weighted by Crippen LogP contribution is 2.17. The maximum Gasteiger partial charge on any atom is 0.408 e. The fourth-order valence-corrected chi connectivity index (χ4v) is 2.92. The highest BCUT2D eigenvalue weighted by molar-refractivity contribution is 5.68. The number of carbonyl (C=O) groups is 1. The second-order valence-corrected chi connectivity index (χ2v) is 7.40. The first kappa shape index (κ1) is 18.7. The zero-order valence-electron chi connectivity index (χ0n) is 15.1. The maximum atomic E-state index is 12.1. The van der Waals surface area contributed by atoms with Crippen LogP contribution in [0.15, 0.2) is 30.3 Å². The van der Waals surface area contributed by atoms with Gasteiger partial charge in [-0.2, -0.15) is 0 Å². The average Bonchev–Trinajstić information content (AvgIpc) is 2.54. The highest BCUT2D eigenvalue weighted by atomic mass is 16.6. The van der Waals surface area contributed by atoms with Crippen molar-refractivity contribution in [2.75, 3.05) is 19.6 Å². The Morgan fingerprint density at radius 2 is 2.08 bits per heavy atom. The van der Waals surface area contributed by atoms with Crippen LogP contribution in [0.1, 0.15) is 51.6 Å². The molecule has 134 valence electrons. The van der Waals surface area contributed by atoms with Gasteiger partial charge in [-0.25, -0.2) is 4.79 Å². The molecule has 1 heterocycles. The number of rotatable bonds is 6. The van der Waals surface area contributed by atoms with Crippen molar-refractivity contribution in [3.63, 3.8) is 0 Å². The third-order valence-corrected chi connectivity index (χ3v) is 4.06. The second kappa shape index (κ2) is 9.04. The smallest absolute Gasteiger partial charge is 0.408 e. The van der Waals surface area contributed by atoms with E-state index in [-0.39, 0.29) is 12.1 Å². The first-order chi connectivity index (χ1) is 11.4. The van der Waals surface area contributed by atoms with E-state index < -0.39 is 5.60 Å². The number of alkyl carbamates (subject to hydrolysis) is 1. The van der Waals surface area contributed by atoms with Crippen LogP contribution in [0.25, 0.3) is 0 Å². The molecule has 1 fully saturated rings. The van der Waals surface area contributed by atoms with E-state index in [1.54, 1.807) is 0 Å². The summed E-state index contributed by atoms with van der Waals surface area (Å²) in [6.45, 7) is 8.63. The fourth-order valence-electron chi connectivity index (χ4n) is 2.92. The summed E-state index contributed by atoms with van der Waals surface area (Å²) in [6.07, 6.45) is 2.90. The minimum Gasteiger partial charge on any atom is -0.444 e. The molecule has 2 atom stereocenters. The lowest BCUT2D eigenvalue weighted by atomic mass is 10.0. The molecule has 1 saturated heterocycles. The van der Waals surface area contributed by atoms with Crippen LogP contribution in [0.2, 0.25) is 0 Å². The predicted octanol–water partition coefficient (Wildman–Crippen LogP) is 2.98. The zero-order chi connectivity index (χ0) is 17.4. The van der Waals surface area contributed by atoms with Crippen LogP contribution >= 0.6 is 0 Å². The van der Waals surface area contributed by atoms with E-state index in [2.05, 4.69) is 16.0 Å². The van der Waals surface area contributed by atoms with Crippen molar-refractivity contribution in [1.29, 1.82) is 0 Å². The van der Waals surface area contributed by atoms with Gasteiger partial charge in [0.15, 0.2) is 0 Å². The molecule has 1 aliphatic rings. The molecule has 24 heavy (non-hydrogen) atoms. The first-order valence-corrected chi connectivity index (χ1v) is 8.92. The molecule has 5 heteroatoms. The van der Waals surface area contributed by atoms with Crippen LogP contribution < -0.4 is 16.0 Å². The van der Waals surface area contributed by atoms with E-state index in [9.17, 15) is 4.79 Å². The Labute approximate surface area is 145 Å². The Morgan fingerprint density at radius 3 is 2.71 bits per heavy atom. The third-order valence-electron chi connectivity index (χ3n) is 4.06. The number of ether oxygens (including phenoxy) is 1. The Kier molecular flexibility index (Phi) is 7.06. The Bertz CT molecular complexity index is 493.